The summed E-state index contributed by atoms with van der Waals surface area (Å²) in [5, 5.41) is 0.357. The molecule has 0 atom stereocenters. The van der Waals surface area contributed by atoms with Gasteiger partial charge in [-0.15, -0.1) is 0 Å². The minimum atomic E-state index is -3.98. The van der Waals surface area contributed by atoms with E-state index >= 15 is 0 Å². The van der Waals surface area contributed by atoms with Gasteiger partial charge in [0.05, 0.1) is 12.8 Å². The third kappa shape index (κ3) is 3.66. The van der Waals surface area contributed by atoms with Crippen molar-refractivity contribution in [2.75, 3.05) is 17.6 Å². The van der Waals surface area contributed by atoms with Crippen molar-refractivity contribution in [3.63, 3.8) is 0 Å². The van der Waals surface area contributed by atoms with Gasteiger partial charge in [0.1, 0.15) is 10.0 Å². The van der Waals surface area contributed by atoms with Gasteiger partial charge >= 0.3 is 0 Å². The van der Waals surface area contributed by atoms with E-state index in [4.69, 9.17) is 33.7 Å². The fraction of sp³-hybridized carbons (Fsp3) is 0.0909. The van der Waals surface area contributed by atoms with Crippen LogP contribution in [-0.2, 0) is 10.0 Å². The van der Waals surface area contributed by atoms with E-state index in [1.54, 1.807) is 0 Å². The van der Waals surface area contributed by atoms with Crippen LogP contribution in [0.3, 0.4) is 0 Å². The maximum Gasteiger partial charge on any atom is 0.266 e. The van der Waals surface area contributed by atoms with Gasteiger partial charge in [0.2, 0.25) is 11.8 Å². The fourth-order valence-electron chi connectivity index (χ4n) is 1.49. The van der Waals surface area contributed by atoms with Crippen LogP contribution in [0.4, 0.5) is 11.6 Å². The quantitative estimate of drug-likeness (QED) is 0.647. The molecule has 1 aromatic carbocycles. The molecule has 7 nitrogen and oxygen atoms in total. The summed E-state index contributed by atoms with van der Waals surface area (Å²) in [5.74, 6) is -0.106. The summed E-state index contributed by atoms with van der Waals surface area (Å²) >= 11 is 11.5. The van der Waals surface area contributed by atoms with Crippen LogP contribution in [0.1, 0.15) is 0 Å². The normalized spacial score (nSPS) is 11.2. The van der Waals surface area contributed by atoms with Gasteiger partial charge in [-0.2, -0.15) is 4.98 Å². The number of rotatable bonds is 4. The molecule has 0 amide bonds. The van der Waals surface area contributed by atoms with Crippen LogP contribution >= 0.6 is 23.2 Å². The zero-order valence-corrected chi connectivity index (χ0v) is 13.0. The summed E-state index contributed by atoms with van der Waals surface area (Å²) in [6.07, 6.45) is 0. The standard InChI is InChI=1S/C11H10Cl2N4O3S/c1-20-10-5-9(13)15-11(16-10)17-21(18,19)8-3-2-6(12)4-7(8)14/h2-5H,14H2,1H3,(H,15,16,17). The molecule has 0 spiro atoms. The molecule has 3 N–H and O–H groups in total. The van der Waals surface area contributed by atoms with E-state index in [-0.39, 0.29) is 27.6 Å². The minimum Gasteiger partial charge on any atom is -0.481 e. The van der Waals surface area contributed by atoms with Crippen LogP contribution in [0.25, 0.3) is 0 Å². The second kappa shape index (κ2) is 5.92. The van der Waals surface area contributed by atoms with Crippen LogP contribution in [0.5, 0.6) is 5.88 Å². The van der Waals surface area contributed by atoms with Crippen LogP contribution < -0.4 is 15.2 Å². The van der Waals surface area contributed by atoms with E-state index < -0.39 is 10.0 Å². The Bertz CT molecular complexity index is 783. The molecule has 0 saturated heterocycles. The molecule has 0 aliphatic heterocycles. The molecular weight excluding hydrogens is 339 g/mol. The average Bonchev–Trinajstić information content (AvgIpc) is 2.36. The number of nitrogens with two attached hydrogens (primary N) is 1. The maximum absolute atomic E-state index is 12.2. The van der Waals surface area contributed by atoms with Gasteiger partial charge in [-0.25, -0.2) is 18.1 Å². The number of anilines is 2. The summed E-state index contributed by atoms with van der Waals surface area (Å²) < 4.78 is 31.5. The maximum atomic E-state index is 12.2. The largest absolute Gasteiger partial charge is 0.481 e. The van der Waals surface area contributed by atoms with Crippen molar-refractivity contribution in [2.24, 2.45) is 0 Å². The molecule has 0 bridgehead atoms. The van der Waals surface area contributed by atoms with Crippen molar-refractivity contribution in [3.8, 4) is 5.88 Å². The summed E-state index contributed by atoms with van der Waals surface area (Å²) in [7, 11) is -2.61. The third-order valence-corrected chi connectivity index (χ3v) is 4.20. The highest BCUT2D eigenvalue weighted by atomic mass is 35.5. The van der Waals surface area contributed by atoms with Gasteiger partial charge in [-0.1, -0.05) is 23.2 Å². The lowest BCUT2D eigenvalue weighted by atomic mass is 10.3. The van der Waals surface area contributed by atoms with E-state index in [9.17, 15) is 8.42 Å². The summed E-state index contributed by atoms with van der Waals surface area (Å²) in [4.78, 5) is 7.45. The average molecular weight is 349 g/mol. The van der Waals surface area contributed by atoms with Crippen molar-refractivity contribution in [1.29, 1.82) is 0 Å². The molecule has 0 aliphatic carbocycles. The van der Waals surface area contributed by atoms with E-state index in [1.807, 2.05) is 0 Å². The van der Waals surface area contributed by atoms with E-state index in [2.05, 4.69) is 14.7 Å². The number of aromatic nitrogens is 2. The number of nitrogens with zero attached hydrogens (tertiary/aromatic N) is 2. The Morgan fingerprint density at radius 2 is 1.95 bits per heavy atom. The highest BCUT2D eigenvalue weighted by Gasteiger charge is 2.19. The molecule has 0 radical (unpaired) electrons. The van der Waals surface area contributed by atoms with E-state index in [0.717, 1.165) is 0 Å². The zero-order chi connectivity index (χ0) is 15.6. The number of ether oxygens (including phenoxy) is 1. The topological polar surface area (TPSA) is 107 Å². The van der Waals surface area contributed by atoms with Gasteiger partial charge in [0.25, 0.3) is 10.0 Å². The second-order valence-electron chi connectivity index (χ2n) is 3.84. The zero-order valence-electron chi connectivity index (χ0n) is 10.7. The minimum absolute atomic E-state index is 0.00370. The fourth-order valence-corrected chi connectivity index (χ4v) is 2.90. The Morgan fingerprint density at radius 3 is 2.57 bits per heavy atom. The van der Waals surface area contributed by atoms with Crippen molar-refractivity contribution in [3.05, 3.63) is 34.4 Å². The summed E-state index contributed by atoms with van der Waals surface area (Å²) in [6.45, 7) is 0. The van der Waals surface area contributed by atoms with Gasteiger partial charge in [-0.05, 0) is 18.2 Å². The summed E-state index contributed by atoms with van der Waals surface area (Å²) in [6, 6.07) is 5.36. The molecule has 0 unspecified atom stereocenters. The number of nitrogens with one attached hydrogen (secondary N) is 1. The van der Waals surface area contributed by atoms with Crippen LogP contribution in [0.2, 0.25) is 10.2 Å². The molecule has 1 heterocycles. The van der Waals surface area contributed by atoms with Crippen molar-refractivity contribution in [1.82, 2.24) is 9.97 Å². The number of hydrogen-bond acceptors (Lipinski definition) is 6. The molecule has 2 rings (SSSR count). The molecule has 0 saturated carbocycles. The Morgan fingerprint density at radius 1 is 1.24 bits per heavy atom. The molecule has 0 fully saturated rings. The number of methoxy groups -OCH3 is 1. The van der Waals surface area contributed by atoms with Crippen molar-refractivity contribution < 1.29 is 13.2 Å². The Hall–Kier alpha value is -1.77. The van der Waals surface area contributed by atoms with E-state index in [0.29, 0.717) is 5.02 Å². The lowest BCUT2D eigenvalue weighted by molar-refractivity contribution is 0.397. The molecular formula is C11H10Cl2N4O3S. The Kier molecular flexibility index (Phi) is 4.40. The molecule has 10 heteroatoms. The van der Waals surface area contributed by atoms with Crippen LogP contribution in [0, 0.1) is 0 Å². The molecule has 112 valence electrons. The number of sulfonamides is 1. The van der Waals surface area contributed by atoms with Crippen molar-refractivity contribution in [2.45, 2.75) is 4.90 Å². The summed E-state index contributed by atoms with van der Waals surface area (Å²) in [5.41, 5.74) is 5.66. The van der Waals surface area contributed by atoms with Gasteiger partial charge in [0.15, 0.2) is 0 Å². The molecule has 21 heavy (non-hydrogen) atoms. The second-order valence-corrected chi connectivity index (χ2v) is 6.32. The first kappa shape index (κ1) is 15.6. The predicted octanol–water partition coefficient (Wildman–Crippen LogP) is 2.17. The highest BCUT2D eigenvalue weighted by Crippen LogP contribution is 2.24. The first-order valence-corrected chi connectivity index (χ1v) is 7.72. The predicted molar refractivity (Wildman–Crippen MR) is 80.3 cm³/mol. The molecule has 2 aromatic rings. The highest BCUT2D eigenvalue weighted by molar-refractivity contribution is 7.92. The third-order valence-electron chi connectivity index (χ3n) is 2.37. The number of nitrogen functional groups attached to an aromatic ring is 1. The van der Waals surface area contributed by atoms with Gasteiger partial charge in [0, 0.05) is 11.1 Å². The Labute approximate surface area is 131 Å². The van der Waals surface area contributed by atoms with Gasteiger partial charge in [-0.3, -0.25) is 0 Å². The molecule has 0 aliphatic rings. The van der Waals surface area contributed by atoms with Crippen LogP contribution in [0.15, 0.2) is 29.2 Å². The van der Waals surface area contributed by atoms with Gasteiger partial charge < -0.3 is 10.5 Å². The first-order valence-electron chi connectivity index (χ1n) is 5.48. The lowest BCUT2D eigenvalue weighted by Crippen LogP contribution is -2.16. The SMILES string of the molecule is COc1cc(Cl)nc(NS(=O)(=O)c2ccc(Cl)cc2N)n1. The number of hydrogen-bond donors (Lipinski definition) is 2. The Balaban J connectivity index is 2.39. The van der Waals surface area contributed by atoms with Crippen molar-refractivity contribution >= 4 is 44.9 Å². The smallest absolute Gasteiger partial charge is 0.266 e. The number of benzene rings is 1. The molecule has 1 aromatic heterocycles. The monoisotopic (exact) mass is 348 g/mol. The van der Waals surface area contributed by atoms with Crippen LogP contribution in [-0.4, -0.2) is 25.5 Å². The number of halogens is 2. The van der Waals surface area contributed by atoms with E-state index in [1.165, 1.54) is 31.4 Å². The lowest BCUT2D eigenvalue weighted by Gasteiger charge is -2.10. The first-order chi connectivity index (χ1) is 9.81.